The van der Waals surface area contributed by atoms with Crippen LogP contribution in [0.4, 0.5) is 0 Å². The number of aliphatic hydroxyl groups excluding tert-OH is 1. The van der Waals surface area contributed by atoms with E-state index in [1.165, 1.54) is 12.8 Å². The number of rotatable bonds is 1. The number of hydrogen-bond acceptors (Lipinski definition) is 3. The molecule has 0 aromatic carbocycles. The van der Waals surface area contributed by atoms with Gasteiger partial charge < -0.3 is 15.3 Å². The zero-order valence-corrected chi connectivity index (χ0v) is 11.0. The normalized spacial score (nSPS) is 40.6. The van der Waals surface area contributed by atoms with Crippen molar-refractivity contribution in [3.63, 3.8) is 0 Å². The fraction of sp³-hybridized carbons (Fsp3) is 0.929. The summed E-state index contributed by atoms with van der Waals surface area (Å²) in [7, 11) is 0. The lowest BCUT2D eigenvalue weighted by molar-refractivity contribution is -0.139. The molecule has 2 N–H and O–H groups in total. The molecule has 3 fully saturated rings. The molecule has 102 valence electrons. The Kier molecular flexibility index (Phi) is 3.57. The Bertz CT molecular complexity index is 299. The van der Waals surface area contributed by atoms with Crippen molar-refractivity contribution < 1.29 is 9.90 Å². The molecule has 2 bridgehead atoms. The van der Waals surface area contributed by atoms with E-state index in [9.17, 15) is 9.90 Å². The van der Waals surface area contributed by atoms with Crippen LogP contribution in [0.5, 0.6) is 0 Å². The van der Waals surface area contributed by atoms with Crippen molar-refractivity contribution in [2.24, 2.45) is 0 Å². The summed E-state index contributed by atoms with van der Waals surface area (Å²) in [5.74, 6) is 0.302. The third-order valence-corrected chi connectivity index (χ3v) is 4.82. The van der Waals surface area contributed by atoms with Crippen molar-refractivity contribution in [2.45, 2.75) is 75.6 Å². The van der Waals surface area contributed by atoms with E-state index in [-0.39, 0.29) is 12.1 Å². The van der Waals surface area contributed by atoms with Gasteiger partial charge in [-0.2, -0.15) is 0 Å². The molecule has 4 nitrogen and oxygen atoms in total. The maximum absolute atomic E-state index is 12.7. The molecular formula is C14H24N2O2. The second kappa shape index (κ2) is 5.17. The van der Waals surface area contributed by atoms with Crippen molar-refractivity contribution in [3.8, 4) is 0 Å². The first-order valence-electron chi connectivity index (χ1n) is 7.49. The van der Waals surface area contributed by atoms with Gasteiger partial charge in [-0.05, 0) is 45.1 Å². The molecule has 18 heavy (non-hydrogen) atoms. The van der Waals surface area contributed by atoms with E-state index in [1.807, 2.05) is 0 Å². The summed E-state index contributed by atoms with van der Waals surface area (Å²) < 4.78 is 0. The minimum atomic E-state index is -0.186. The number of amides is 1. The third kappa shape index (κ3) is 2.28. The molecule has 3 heterocycles. The maximum Gasteiger partial charge on any atom is 0.240 e. The number of nitrogens with one attached hydrogen (secondary N) is 1. The van der Waals surface area contributed by atoms with Gasteiger partial charge in [0.1, 0.15) is 0 Å². The van der Waals surface area contributed by atoms with Crippen LogP contribution >= 0.6 is 0 Å². The monoisotopic (exact) mass is 252 g/mol. The molecule has 0 saturated carbocycles. The molecule has 0 aliphatic carbocycles. The van der Waals surface area contributed by atoms with Crippen LogP contribution < -0.4 is 5.32 Å². The minimum absolute atomic E-state index is 0.0332. The van der Waals surface area contributed by atoms with E-state index in [2.05, 4.69) is 10.2 Å². The van der Waals surface area contributed by atoms with Gasteiger partial charge in [-0.3, -0.25) is 4.79 Å². The molecule has 0 spiro atoms. The Balaban J connectivity index is 1.68. The van der Waals surface area contributed by atoms with Gasteiger partial charge in [-0.25, -0.2) is 0 Å². The second-order valence-corrected chi connectivity index (χ2v) is 6.11. The summed E-state index contributed by atoms with van der Waals surface area (Å²) in [6.07, 6.45) is 8.13. The van der Waals surface area contributed by atoms with Gasteiger partial charge in [0.15, 0.2) is 0 Å². The van der Waals surface area contributed by atoms with Crippen LogP contribution in [0.2, 0.25) is 0 Å². The van der Waals surface area contributed by atoms with E-state index in [4.69, 9.17) is 0 Å². The fourth-order valence-electron chi connectivity index (χ4n) is 3.93. The van der Waals surface area contributed by atoms with Crippen LogP contribution in [0.15, 0.2) is 0 Å². The lowest BCUT2D eigenvalue weighted by Gasteiger charge is -2.39. The van der Waals surface area contributed by atoms with Crippen LogP contribution in [0.3, 0.4) is 0 Å². The Morgan fingerprint density at radius 3 is 2.50 bits per heavy atom. The average molecular weight is 252 g/mol. The first kappa shape index (κ1) is 12.4. The Morgan fingerprint density at radius 1 is 1.06 bits per heavy atom. The predicted octanol–water partition coefficient (Wildman–Crippen LogP) is 1.03. The highest BCUT2D eigenvalue weighted by Crippen LogP contribution is 2.36. The average Bonchev–Trinajstić information content (AvgIpc) is 2.59. The van der Waals surface area contributed by atoms with Crippen molar-refractivity contribution >= 4 is 5.91 Å². The number of carbonyl (C=O) groups is 1. The first-order chi connectivity index (χ1) is 8.75. The molecular weight excluding hydrogens is 228 g/mol. The summed E-state index contributed by atoms with van der Waals surface area (Å²) in [5.41, 5.74) is 0. The van der Waals surface area contributed by atoms with Crippen LogP contribution in [-0.2, 0) is 4.79 Å². The van der Waals surface area contributed by atoms with E-state index in [0.717, 1.165) is 45.1 Å². The largest absolute Gasteiger partial charge is 0.393 e. The van der Waals surface area contributed by atoms with Crippen LogP contribution in [0.25, 0.3) is 0 Å². The molecule has 3 unspecified atom stereocenters. The fourth-order valence-corrected chi connectivity index (χ4v) is 3.93. The molecule has 3 saturated heterocycles. The van der Waals surface area contributed by atoms with Gasteiger partial charge in [-0.15, -0.1) is 0 Å². The second-order valence-electron chi connectivity index (χ2n) is 6.11. The molecule has 3 aliphatic rings. The zero-order valence-electron chi connectivity index (χ0n) is 11.0. The molecule has 0 aromatic rings. The highest BCUT2D eigenvalue weighted by molar-refractivity contribution is 5.83. The molecule has 1 amide bonds. The van der Waals surface area contributed by atoms with Crippen molar-refractivity contribution in [2.75, 3.05) is 6.54 Å². The third-order valence-electron chi connectivity index (χ3n) is 4.82. The Morgan fingerprint density at radius 2 is 1.78 bits per heavy atom. The quantitative estimate of drug-likeness (QED) is 0.733. The van der Waals surface area contributed by atoms with Crippen LogP contribution in [-0.4, -0.2) is 46.7 Å². The van der Waals surface area contributed by atoms with E-state index < -0.39 is 0 Å². The van der Waals surface area contributed by atoms with Gasteiger partial charge in [0.05, 0.1) is 12.1 Å². The Hall–Kier alpha value is -0.610. The van der Waals surface area contributed by atoms with Crippen LogP contribution in [0, 0.1) is 0 Å². The number of nitrogens with zero attached hydrogens (tertiary/aromatic N) is 1. The van der Waals surface area contributed by atoms with Gasteiger partial charge in [0.2, 0.25) is 5.91 Å². The first-order valence-corrected chi connectivity index (χ1v) is 7.49. The Labute approximate surface area is 109 Å². The van der Waals surface area contributed by atoms with Crippen molar-refractivity contribution in [1.29, 1.82) is 0 Å². The zero-order chi connectivity index (χ0) is 12.5. The van der Waals surface area contributed by atoms with E-state index in [1.54, 1.807) is 0 Å². The standard InChI is InChI=1S/C14H24N2O2/c17-12-8-10-5-6-11(9-12)16(10)14(18)13-4-2-1-3-7-15-13/h10-13,15,17H,1-9H2. The smallest absolute Gasteiger partial charge is 0.240 e. The highest BCUT2D eigenvalue weighted by Gasteiger charge is 2.44. The summed E-state index contributed by atoms with van der Waals surface area (Å²) in [4.78, 5) is 14.8. The van der Waals surface area contributed by atoms with E-state index in [0.29, 0.717) is 18.0 Å². The van der Waals surface area contributed by atoms with Gasteiger partial charge in [0, 0.05) is 12.1 Å². The molecule has 4 heteroatoms. The maximum atomic E-state index is 12.7. The number of carbonyl (C=O) groups excluding carboxylic acids is 1. The SMILES string of the molecule is O=C(C1CCCCCN1)N1C2CCC1CC(O)C2. The topological polar surface area (TPSA) is 52.6 Å². The number of hydrogen-bond donors (Lipinski definition) is 2. The summed E-state index contributed by atoms with van der Waals surface area (Å²) in [6, 6.07) is 0.637. The number of piperidine rings is 1. The number of fused-ring (bicyclic) bond motifs is 2. The van der Waals surface area contributed by atoms with Crippen molar-refractivity contribution in [3.05, 3.63) is 0 Å². The summed E-state index contributed by atoms with van der Waals surface area (Å²) in [6.45, 7) is 0.974. The highest BCUT2D eigenvalue weighted by atomic mass is 16.3. The van der Waals surface area contributed by atoms with E-state index >= 15 is 0 Å². The predicted molar refractivity (Wildman–Crippen MR) is 69.2 cm³/mol. The molecule has 0 radical (unpaired) electrons. The number of aliphatic hydroxyl groups is 1. The lowest BCUT2D eigenvalue weighted by atomic mass is 9.98. The van der Waals surface area contributed by atoms with Gasteiger partial charge >= 0.3 is 0 Å². The van der Waals surface area contributed by atoms with Gasteiger partial charge in [-0.1, -0.05) is 12.8 Å². The van der Waals surface area contributed by atoms with Crippen LogP contribution in [0.1, 0.15) is 51.4 Å². The molecule has 3 aliphatic heterocycles. The molecule has 3 rings (SSSR count). The van der Waals surface area contributed by atoms with Gasteiger partial charge in [0.25, 0.3) is 0 Å². The van der Waals surface area contributed by atoms with Crippen molar-refractivity contribution in [1.82, 2.24) is 10.2 Å². The lowest BCUT2D eigenvalue weighted by Crippen LogP contribution is -2.54. The summed E-state index contributed by atoms with van der Waals surface area (Å²) >= 11 is 0. The molecule has 0 aromatic heterocycles. The summed E-state index contributed by atoms with van der Waals surface area (Å²) in [5, 5.41) is 13.2. The minimum Gasteiger partial charge on any atom is -0.393 e. The molecule has 3 atom stereocenters.